The van der Waals surface area contributed by atoms with E-state index in [0.29, 0.717) is 22.2 Å². The van der Waals surface area contributed by atoms with Gasteiger partial charge in [-0.15, -0.1) is 10.2 Å². The van der Waals surface area contributed by atoms with Crippen LogP contribution in [-0.4, -0.2) is 30.4 Å². The second-order valence-corrected chi connectivity index (χ2v) is 3.83. The molecule has 0 aliphatic heterocycles. The zero-order chi connectivity index (χ0) is 12.5. The van der Waals surface area contributed by atoms with Gasteiger partial charge in [-0.05, 0) is 29.5 Å². The Morgan fingerprint density at radius 2 is 2.00 bits per heavy atom. The van der Waals surface area contributed by atoms with Crippen molar-refractivity contribution in [1.29, 1.82) is 0 Å². The molecule has 1 aromatic carbocycles. The van der Waals surface area contributed by atoms with Crippen LogP contribution in [0.15, 0.2) is 30.5 Å². The van der Waals surface area contributed by atoms with Gasteiger partial charge in [0, 0.05) is 0 Å². The van der Waals surface area contributed by atoms with Crippen molar-refractivity contribution in [3.63, 3.8) is 0 Å². The van der Waals surface area contributed by atoms with Gasteiger partial charge in [0.05, 0.1) is 17.4 Å². The molecule has 0 radical (unpaired) electrons. The molecule has 0 amide bonds. The van der Waals surface area contributed by atoms with E-state index in [-0.39, 0.29) is 5.82 Å². The fourth-order valence-corrected chi connectivity index (χ4v) is 1.80. The first-order chi connectivity index (χ1) is 8.75. The summed E-state index contributed by atoms with van der Waals surface area (Å²) in [6, 6.07) is 5.82. The molecule has 2 heterocycles. The summed E-state index contributed by atoms with van der Waals surface area (Å²) in [5, 5.41) is 17.9. The summed E-state index contributed by atoms with van der Waals surface area (Å²) in [6.45, 7) is 0. The van der Waals surface area contributed by atoms with Crippen LogP contribution in [0.4, 0.5) is 4.39 Å². The van der Waals surface area contributed by atoms with Crippen LogP contribution in [-0.2, 0) is 0 Å². The molecule has 18 heavy (non-hydrogen) atoms. The maximum absolute atomic E-state index is 12.8. The van der Waals surface area contributed by atoms with Crippen molar-refractivity contribution in [3.05, 3.63) is 41.4 Å². The van der Waals surface area contributed by atoms with Gasteiger partial charge in [0.25, 0.3) is 0 Å². The molecular weight excluding hydrogens is 259 g/mol. The topological polar surface area (TPSA) is 72.3 Å². The third-order valence-corrected chi connectivity index (χ3v) is 2.73. The Morgan fingerprint density at radius 3 is 2.67 bits per heavy atom. The Hall–Kier alpha value is -2.28. The molecule has 3 rings (SSSR count). The molecule has 3 aromatic rings. The number of benzene rings is 1. The van der Waals surface area contributed by atoms with Gasteiger partial charge in [-0.25, -0.2) is 9.07 Å². The van der Waals surface area contributed by atoms with Crippen molar-refractivity contribution >= 4 is 11.6 Å². The second-order valence-electron chi connectivity index (χ2n) is 3.47. The average molecular weight is 265 g/mol. The molecule has 8 heteroatoms. The highest BCUT2D eigenvalue weighted by molar-refractivity contribution is 6.32. The molecular formula is C10H6ClFN6. The van der Waals surface area contributed by atoms with Gasteiger partial charge in [-0.3, -0.25) is 0 Å². The maximum Gasteiger partial charge on any atom is 0.209 e. The van der Waals surface area contributed by atoms with Crippen molar-refractivity contribution < 1.29 is 4.39 Å². The summed E-state index contributed by atoms with van der Waals surface area (Å²) < 4.78 is 14.3. The fourth-order valence-electron chi connectivity index (χ4n) is 1.52. The fraction of sp³-hybridized carbons (Fsp3) is 0. The number of rotatable bonds is 2. The van der Waals surface area contributed by atoms with Crippen LogP contribution in [0.2, 0.25) is 5.15 Å². The Kier molecular flexibility index (Phi) is 2.52. The predicted molar refractivity (Wildman–Crippen MR) is 61.7 cm³/mol. The van der Waals surface area contributed by atoms with Crippen LogP contribution < -0.4 is 0 Å². The van der Waals surface area contributed by atoms with Gasteiger partial charge in [-0.1, -0.05) is 11.6 Å². The van der Waals surface area contributed by atoms with Crippen LogP contribution in [0.3, 0.4) is 0 Å². The van der Waals surface area contributed by atoms with E-state index in [9.17, 15) is 4.39 Å². The number of halogens is 2. The highest BCUT2D eigenvalue weighted by Crippen LogP contribution is 2.26. The molecule has 0 saturated carbocycles. The van der Waals surface area contributed by atoms with Crippen LogP contribution in [0.1, 0.15) is 0 Å². The number of H-pyrrole nitrogens is 1. The van der Waals surface area contributed by atoms with E-state index in [1.165, 1.54) is 23.0 Å². The number of nitrogens with one attached hydrogen (secondary N) is 1. The highest BCUT2D eigenvalue weighted by atomic mass is 35.5. The van der Waals surface area contributed by atoms with Crippen LogP contribution in [0.5, 0.6) is 0 Å². The van der Waals surface area contributed by atoms with E-state index >= 15 is 0 Å². The van der Waals surface area contributed by atoms with E-state index in [4.69, 9.17) is 11.6 Å². The minimum Gasteiger partial charge on any atom is -0.221 e. The van der Waals surface area contributed by atoms with E-state index < -0.39 is 0 Å². The van der Waals surface area contributed by atoms with E-state index in [1.807, 2.05) is 0 Å². The summed E-state index contributed by atoms with van der Waals surface area (Å²) in [5.41, 5.74) is 1.20. The molecule has 0 aliphatic rings. The number of hydrogen-bond donors (Lipinski definition) is 1. The van der Waals surface area contributed by atoms with Crippen LogP contribution in [0.25, 0.3) is 17.1 Å². The van der Waals surface area contributed by atoms with Crippen molar-refractivity contribution in [1.82, 2.24) is 30.4 Å². The number of hydrogen-bond acceptors (Lipinski definition) is 4. The Balaban J connectivity index is 2.07. The quantitative estimate of drug-likeness (QED) is 0.767. The van der Waals surface area contributed by atoms with Gasteiger partial charge < -0.3 is 0 Å². The first kappa shape index (κ1) is 10.8. The highest BCUT2D eigenvalue weighted by Gasteiger charge is 2.15. The second kappa shape index (κ2) is 4.19. The van der Waals surface area contributed by atoms with Crippen LogP contribution in [0, 0.1) is 5.82 Å². The smallest absolute Gasteiger partial charge is 0.209 e. The standard InChI is InChI=1S/C10H6ClFN6/c11-9-8(10-14-16-17-15-10)5-13-18(9)7-3-1-6(12)2-4-7/h1-5H,(H,14,15,16,17). The summed E-state index contributed by atoms with van der Waals surface area (Å²) in [6.07, 6.45) is 1.52. The lowest BCUT2D eigenvalue weighted by atomic mass is 10.3. The third-order valence-electron chi connectivity index (χ3n) is 2.37. The molecule has 1 N–H and O–H groups in total. The molecule has 0 saturated heterocycles. The number of aromatic amines is 1. The van der Waals surface area contributed by atoms with Crippen molar-refractivity contribution in [2.75, 3.05) is 0 Å². The molecule has 6 nitrogen and oxygen atoms in total. The largest absolute Gasteiger partial charge is 0.221 e. The van der Waals surface area contributed by atoms with E-state index in [1.54, 1.807) is 12.1 Å². The number of aromatic nitrogens is 6. The van der Waals surface area contributed by atoms with Gasteiger partial charge >= 0.3 is 0 Å². The zero-order valence-corrected chi connectivity index (χ0v) is 9.63. The summed E-state index contributed by atoms with van der Waals surface area (Å²) in [4.78, 5) is 0. The molecule has 2 aromatic heterocycles. The summed E-state index contributed by atoms with van der Waals surface area (Å²) >= 11 is 6.18. The normalized spacial score (nSPS) is 10.8. The van der Waals surface area contributed by atoms with E-state index in [0.717, 1.165) is 0 Å². The first-order valence-corrected chi connectivity index (χ1v) is 5.37. The maximum atomic E-state index is 12.8. The molecule has 0 aliphatic carbocycles. The van der Waals surface area contributed by atoms with Gasteiger partial charge in [-0.2, -0.15) is 10.3 Å². The minimum atomic E-state index is -0.319. The minimum absolute atomic E-state index is 0.319. The summed E-state index contributed by atoms with van der Waals surface area (Å²) in [7, 11) is 0. The molecule has 0 unspecified atom stereocenters. The Morgan fingerprint density at radius 1 is 1.22 bits per heavy atom. The monoisotopic (exact) mass is 264 g/mol. The lowest BCUT2D eigenvalue weighted by Gasteiger charge is -2.02. The third kappa shape index (κ3) is 1.74. The van der Waals surface area contributed by atoms with Crippen LogP contribution >= 0.6 is 11.6 Å². The molecule has 0 atom stereocenters. The molecule has 90 valence electrons. The number of tetrazole rings is 1. The van der Waals surface area contributed by atoms with Gasteiger partial charge in [0.2, 0.25) is 5.82 Å². The van der Waals surface area contributed by atoms with E-state index in [2.05, 4.69) is 25.7 Å². The lowest BCUT2D eigenvalue weighted by Crippen LogP contribution is -1.96. The molecule has 0 spiro atoms. The van der Waals surface area contributed by atoms with Gasteiger partial charge in [0.15, 0.2) is 0 Å². The SMILES string of the molecule is Fc1ccc(-n2ncc(-c3nn[nH]n3)c2Cl)cc1. The Labute approximate surface area is 105 Å². The predicted octanol–water partition coefficient (Wildman–Crippen LogP) is 1.84. The molecule has 0 bridgehead atoms. The van der Waals surface area contributed by atoms with Crippen molar-refractivity contribution in [2.24, 2.45) is 0 Å². The number of nitrogens with zero attached hydrogens (tertiary/aromatic N) is 5. The zero-order valence-electron chi connectivity index (χ0n) is 8.88. The molecule has 0 fully saturated rings. The van der Waals surface area contributed by atoms with Crippen molar-refractivity contribution in [3.8, 4) is 17.1 Å². The first-order valence-electron chi connectivity index (χ1n) is 4.99. The Bertz CT molecular complexity index is 660. The van der Waals surface area contributed by atoms with Crippen molar-refractivity contribution in [2.45, 2.75) is 0 Å². The average Bonchev–Trinajstić information content (AvgIpc) is 2.99. The van der Waals surface area contributed by atoms with Gasteiger partial charge in [0.1, 0.15) is 11.0 Å². The summed E-state index contributed by atoms with van der Waals surface area (Å²) in [5.74, 6) is 0.0359. The lowest BCUT2D eigenvalue weighted by molar-refractivity contribution is 0.627.